The Kier molecular flexibility index (Phi) is 4.64. The summed E-state index contributed by atoms with van der Waals surface area (Å²) in [6.45, 7) is 0. The minimum absolute atomic E-state index is 0.254. The second-order valence-corrected chi connectivity index (χ2v) is 4.86. The maximum atomic E-state index is 12.8. The molecule has 0 unspecified atom stereocenters. The molecule has 3 rings (SSSR count). The molecule has 0 radical (unpaired) electrons. The van der Waals surface area contributed by atoms with Gasteiger partial charge in [-0.15, -0.1) is 0 Å². The maximum absolute atomic E-state index is 12.8. The minimum Gasteiger partial charge on any atom is -0.256 e. The Morgan fingerprint density at radius 1 is 0.609 bits per heavy atom. The van der Waals surface area contributed by atoms with Crippen LogP contribution in [0.5, 0.6) is 0 Å². The molecule has 0 spiro atoms. The van der Waals surface area contributed by atoms with Gasteiger partial charge in [0.05, 0.1) is 17.1 Å². The first kappa shape index (κ1) is 14.8. The monoisotopic (exact) mass is 303 g/mol. The number of halogens is 1. The van der Waals surface area contributed by atoms with E-state index in [0.29, 0.717) is 0 Å². The standard InChI is InChI=1S/C19H14FN3/c20-16-8-6-15(7-9-16)14-21-17-10-12-19(13-11-17)23-22-18-4-2-1-3-5-18/h1-14H. The first-order valence-electron chi connectivity index (χ1n) is 7.16. The third-order valence-electron chi connectivity index (χ3n) is 3.12. The van der Waals surface area contributed by atoms with Crippen LogP contribution in [-0.4, -0.2) is 6.21 Å². The molecule has 112 valence electrons. The number of nitrogens with zero attached hydrogens (tertiary/aromatic N) is 3. The summed E-state index contributed by atoms with van der Waals surface area (Å²) >= 11 is 0. The van der Waals surface area contributed by atoms with Gasteiger partial charge in [0, 0.05) is 6.21 Å². The molecule has 0 N–H and O–H groups in total. The summed E-state index contributed by atoms with van der Waals surface area (Å²) in [5, 5.41) is 8.34. The van der Waals surface area contributed by atoms with Crippen molar-refractivity contribution < 1.29 is 4.39 Å². The molecule has 0 saturated carbocycles. The number of benzene rings is 3. The summed E-state index contributed by atoms with van der Waals surface area (Å²) in [4.78, 5) is 4.35. The third-order valence-corrected chi connectivity index (χ3v) is 3.12. The molecule has 0 aromatic heterocycles. The fourth-order valence-electron chi connectivity index (χ4n) is 1.91. The molecular formula is C19H14FN3. The van der Waals surface area contributed by atoms with Crippen LogP contribution >= 0.6 is 0 Å². The lowest BCUT2D eigenvalue weighted by Crippen LogP contribution is -1.80. The van der Waals surface area contributed by atoms with Crippen molar-refractivity contribution in [1.29, 1.82) is 0 Å². The van der Waals surface area contributed by atoms with Crippen molar-refractivity contribution in [2.24, 2.45) is 15.2 Å². The van der Waals surface area contributed by atoms with Crippen molar-refractivity contribution in [2.75, 3.05) is 0 Å². The SMILES string of the molecule is Fc1ccc(C=Nc2ccc(N=Nc3ccccc3)cc2)cc1. The van der Waals surface area contributed by atoms with Gasteiger partial charge >= 0.3 is 0 Å². The summed E-state index contributed by atoms with van der Waals surface area (Å²) in [6.07, 6.45) is 1.69. The molecule has 0 aliphatic heterocycles. The summed E-state index contributed by atoms with van der Waals surface area (Å²) in [7, 11) is 0. The summed E-state index contributed by atoms with van der Waals surface area (Å²) < 4.78 is 12.8. The highest BCUT2D eigenvalue weighted by molar-refractivity contribution is 5.81. The van der Waals surface area contributed by atoms with E-state index in [0.717, 1.165) is 22.6 Å². The van der Waals surface area contributed by atoms with E-state index in [1.54, 1.807) is 18.3 Å². The van der Waals surface area contributed by atoms with E-state index in [1.807, 2.05) is 54.6 Å². The molecule has 4 heteroatoms. The van der Waals surface area contributed by atoms with Crippen LogP contribution in [0.2, 0.25) is 0 Å². The zero-order valence-electron chi connectivity index (χ0n) is 12.3. The first-order chi connectivity index (χ1) is 11.3. The number of rotatable bonds is 4. The molecule has 0 atom stereocenters. The van der Waals surface area contributed by atoms with Crippen molar-refractivity contribution >= 4 is 23.3 Å². The van der Waals surface area contributed by atoms with Crippen LogP contribution in [0.1, 0.15) is 5.56 Å². The molecule has 0 amide bonds. The molecule has 3 nitrogen and oxygen atoms in total. The van der Waals surface area contributed by atoms with E-state index in [9.17, 15) is 4.39 Å². The van der Waals surface area contributed by atoms with Crippen molar-refractivity contribution in [3.05, 3.63) is 90.2 Å². The molecule has 0 aliphatic carbocycles. The van der Waals surface area contributed by atoms with Crippen LogP contribution < -0.4 is 0 Å². The van der Waals surface area contributed by atoms with Crippen LogP contribution in [0.25, 0.3) is 0 Å². The first-order valence-corrected chi connectivity index (χ1v) is 7.16. The zero-order chi connectivity index (χ0) is 15.9. The number of aliphatic imine (C=N–C) groups is 1. The van der Waals surface area contributed by atoms with Crippen LogP contribution in [0.4, 0.5) is 21.5 Å². The van der Waals surface area contributed by atoms with E-state index in [2.05, 4.69) is 15.2 Å². The second kappa shape index (κ2) is 7.22. The summed E-state index contributed by atoms with van der Waals surface area (Å²) in [5.74, 6) is -0.254. The molecule has 0 aliphatic rings. The van der Waals surface area contributed by atoms with Gasteiger partial charge in [0.1, 0.15) is 5.82 Å². The van der Waals surface area contributed by atoms with E-state index in [-0.39, 0.29) is 5.82 Å². The fourth-order valence-corrected chi connectivity index (χ4v) is 1.91. The number of azo groups is 1. The summed E-state index contributed by atoms with van der Waals surface area (Å²) in [6, 6.07) is 23.2. The van der Waals surface area contributed by atoms with Crippen LogP contribution in [-0.2, 0) is 0 Å². The lowest BCUT2D eigenvalue weighted by molar-refractivity contribution is 0.628. The Morgan fingerprint density at radius 3 is 1.83 bits per heavy atom. The van der Waals surface area contributed by atoms with Crippen LogP contribution in [0.15, 0.2) is 94.1 Å². The van der Waals surface area contributed by atoms with Gasteiger partial charge in [-0.25, -0.2) is 4.39 Å². The third kappa shape index (κ3) is 4.41. The highest BCUT2D eigenvalue weighted by Gasteiger charge is 1.93. The molecular weight excluding hydrogens is 289 g/mol. The van der Waals surface area contributed by atoms with Crippen molar-refractivity contribution in [3.63, 3.8) is 0 Å². The molecule has 3 aromatic carbocycles. The fraction of sp³-hybridized carbons (Fsp3) is 0. The van der Waals surface area contributed by atoms with E-state index >= 15 is 0 Å². The van der Waals surface area contributed by atoms with E-state index in [4.69, 9.17) is 0 Å². The topological polar surface area (TPSA) is 37.1 Å². The second-order valence-electron chi connectivity index (χ2n) is 4.86. The van der Waals surface area contributed by atoms with E-state index in [1.165, 1.54) is 12.1 Å². The Morgan fingerprint density at radius 2 is 1.17 bits per heavy atom. The average molecular weight is 303 g/mol. The summed E-state index contributed by atoms with van der Waals surface area (Å²) in [5.41, 5.74) is 3.22. The number of hydrogen-bond acceptors (Lipinski definition) is 3. The highest BCUT2D eigenvalue weighted by Crippen LogP contribution is 2.21. The Hall–Kier alpha value is -3.14. The Labute approximate surface area is 133 Å². The Balaban J connectivity index is 1.67. The highest BCUT2D eigenvalue weighted by atomic mass is 19.1. The molecule has 0 bridgehead atoms. The van der Waals surface area contributed by atoms with Gasteiger partial charge in [-0.05, 0) is 54.1 Å². The molecule has 0 heterocycles. The maximum Gasteiger partial charge on any atom is 0.123 e. The quantitative estimate of drug-likeness (QED) is 0.419. The van der Waals surface area contributed by atoms with Gasteiger partial charge in [0.25, 0.3) is 0 Å². The molecule has 0 fully saturated rings. The van der Waals surface area contributed by atoms with E-state index < -0.39 is 0 Å². The van der Waals surface area contributed by atoms with Gasteiger partial charge in [-0.1, -0.05) is 30.3 Å². The predicted molar refractivity (Wildman–Crippen MR) is 90.7 cm³/mol. The Bertz CT molecular complexity index is 807. The molecule has 3 aromatic rings. The van der Waals surface area contributed by atoms with Crippen LogP contribution in [0.3, 0.4) is 0 Å². The smallest absolute Gasteiger partial charge is 0.123 e. The van der Waals surface area contributed by atoms with Gasteiger partial charge in [0.2, 0.25) is 0 Å². The van der Waals surface area contributed by atoms with Crippen molar-refractivity contribution in [2.45, 2.75) is 0 Å². The van der Waals surface area contributed by atoms with Gasteiger partial charge in [0.15, 0.2) is 0 Å². The normalized spacial score (nSPS) is 11.3. The average Bonchev–Trinajstić information content (AvgIpc) is 2.61. The van der Waals surface area contributed by atoms with Crippen LogP contribution in [0, 0.1) is 5.82 Å². The lowest BCUT2D eigenvalue weighted by atomic mass is 10.2. The lowest BCUT2D eigenvalue weighted by Gasteiger charge is -1.96. The van der Waals surface area contributed by atoms with Gasteiger partial charge < -0.3 is 0 Å². The van der Waals surface area contributed by atoms with Crippen molar-refractivity contribution in [1.82, 2.24) is 0 Å². The molecule has 23 heavy (non-hydrogen) atoms. The minimum atomic E-state index is -0.254. The largest absolute Gasteiger partial charge is 0.256 e. The van der Waals surface area contributed by atoms with Gasteiger partial charge in [-0.3, -0.25) is 4.99 Å². The molecule has 0 saturated heterocycles. The van der Waals surface area contributed by atoms with Crippen molar-refractivity contribution in [3.8, 4) is 0 Å². The predicted octanol–water partition coefficient (Wildman–Crippen LogP) is 5.99. The zero-order valence-corrected chi connectivity index (χ0v) is 12.3. The van der Waals surface area contributed by atoms with Gasteiger partial charge in [-0.2, -0.15) is 10.2 Å². The number of hydrogen-bond donors (Lipinski definition) is 0.